The molecular formula is C10H11ClN4O. The molecule has 0 saturated carbocycles. The highest BCUT2D eigenvalue weighted by atomic mass is 35.5. The van der Waals surface area contributed by atoms with Crippen LogP contribution in [0.15, 0.2) is 0 Å². The average Bonchev–Trinajstić information content (AvgIpc) is 2.73. The van der Waals surface area contributed by atoms with E-state index >= 15 is 0 Å². The van der Waals surface area contributed by atoms with E-state index in [-0.39, 0.29) is 0 Å². The van der Waals surface area contributed by atoms with Crippen LogP contribution < -0.4 is 0 Å². The number of fused-ring (bicyclic) bond motifs is 2. The molecule has 0 aliphatic carbocycles. The van der Waals surface area contributed by atoms with Crippen molar-refractivity contribution in [1.29, 1.82) is 0 Å². The summed E-state index contributed by atoms with van der Waals surface area (Å²) < 4.78 is 6.96. The van der Waals surface area contributed by atoms with Crippen molar-refractivity contribution < 1.29 is 4.74 Å². The quantitative estimate of drug-likeness (QED) is 0.705. The van der Waals surface area contributed by atoms with E-state index < -0.39 is 0 Å². The summed E-state index contributed by atoms with van der Waals surface area (Å²) in [6.45, 7) is 3.21. The molecule has 6 heteroatoms. The molecule has 0 saturated heterocycles. The zero-order valence-electron chi connectivity index (χ0n) is 8.90. The van der Waals surface area contributed by atoms with Crippen molar-refractivity contribution in [2.45, 2.75) is 26.4 Å². The molecular weight excluding hydrogens is 228 g/mol. The topological polar surface area (TPSA) is 52.3 Å². The summed E-state index contributed by atoms with van der Waals surface area (Å²) in [6.07, 6.45) is 1.57. The Hall–Kier alpha value is -1.20. The highest BCUT2D eigenvalue weighted by Gasteiger charge is 2.19. The zero-order chi connectivity index (χ0) is 11.1. The van der Waals surface area contributed by atoms with Gasteiger partial charge in [0.25, 0.3) is 5.78 Å². The molecule has 3 rings (SSSR count). The summed E-state index contributed by atoms with van der Waals surface area (Å²) in [5.41, 5.74) is 1.92. The molecule has 0 N–H and O–H groups in total. The van der Waals surface area contributed by atoms with E-state index in [1.54, 1.807) is 4.52 Å². The lowest BCUT2D eigenvalue weighted by atomic mass is 10.1. The Balaban J connectivity index is 2.28. The number of nitrogens with zero attached hydrogens (tertiary/aromatic N) is 4. The largest absolute Gasteiger partial charge is 0.376 e. The van der Waals surface area contributed by atoms with Crippen LogP contribution in [0.4, 0.5) is 0 Å². The maximum Gasteiger partial charge on any atom is 0.254 e. The van der Waals surface area contributed by atoms with Gasteiger partial charge in [-0.2, -0.15) is 9.50 Å². The maximum atomic E-state index is 6.27. The summed E-state index contributed by atoms with van der Waals surface area (Å²) in [4.78, 5) is 8.79. The first kappa shape index (κ1) is 9.99. The lowest BCUT2D eigenvalue weighted by molar-refractivity contribution is 0.109. The summed E-state index contributed by atoms with van der Waals surface area (Å²) >= 11 is 6.27. The summed E-state index contributed by atoms with van der Waals surface area (Å²) in [7, 11) is 0. The van der Waals surface area contributed by atoms with Crippen LogP contribution in [0.25, 0.3) is 5.78 Å². The second kappa shape index (κ2) is 3.68. The van der Waals surface area contributed by atoms with Gasteiger partial charge in [0.15, 0.2) is 5.82 Å². The van der Waals surface area contributed by atoms with E-state index in [2.05, 4.69) is 15.1 Å². The smallest absolute Gasteiger partial charge is 0.254 e. The van der Waals surface area contributed by atoms with Crippen LogP contribution in [0.5, 0.6) is 0 Å². The highest BCUT2D eigenvalue weighted by Crippen LogP contribution is 2.24. The van der Waals surface area contributed by atoms with E-state index in [1.807, 2.05) is 6.92 Å². The molecule has 0 aromatic carbocycles. The molecule has 1 aliphatic rings. The van der Waals surface area contributed by atoms with Crippen LogP contribution in [-0.4, -0.2) is 26.2 Å². The number of aromatic nitrogens is 4. The molecule has 0 radical (unpaired) electrons. The number of aryl methyl sites for hydroxylation is 1. The fourth-order valence-corrected chi connectivity index (χ4v) is 2.10. The Morgan fingerprint density at radius 1 is 1.44 bits per heavy atom. The Morgan fingerprint density at radius 3 is 3.12 bits per heavy atom. The molecule has 2 aromatic rings. The van der Waals surface area contributed by atoms with Gasteiger partial charge in [-0.1, -0.05) is 18.5 Å². The molecule has 0 unspecified atom stereocenters. The minimum atomic E-state index is 0.512. The molecule has 3 heterocycles. The summed E-state index contributed by atoms with van der Waals surface area (Å²) in [5, 5.41) is 4.87. The van der Waals surface area contributed by atoms with Gasteiger partial charge in [-0.3, -0.25) is 0 Å². The highest BCUT2D eigenvalue weighted by molar-refractivity contribution is 6.30. The predicted octanol–water partition coefficient (Wildman–Crippen LogP) is 1.41. The van der Waals surface area contributed by atoms with Crippen molar-refractivity contribution >= 4 is 17.4 Å². The van der Waals surface area contributed by atoms with E-state index in [0.29, 0.717) is 24.1 Å². The Labute approximate surface area is 97.4 Å². The third-order valence-corrected chi connectivity index (χ3v) is 3.09. The first-order valence-corrected chi connectivity index (χ1v) is 5.68. The van der Waals surface area contributed by atoms with Gasteiger partial charge in [-0.25, -0.2) is 4.98 Å². The van der Waals surface area contributed by atoms with Crippen molar-refractivity contribution in [3.8, 4) is 0 Å². The van der Waals surface area contributed by atoms with E-state index in [4.69, 9.17) is 16.3 Å². The molecule has 0 fully saturated rings. The SMILES string of the molecule is CCc1nc2nc3c(c(Cl)n2n1)COCC3. The van der Waals surface area contributed by atoms with Crippen molar-refractivity contribution in [2.75, 3.05) is 6.61 Å². The fourth-order valence-electron chi connectivity index (χ4n) is 1.83. The van der Waals surface area contributed by atoms with Gasteiger partial charge in [0.05, 0.1) is 18.9 Å². The van der Waals surface area contributed by atoms with Crippen LogP contribution in [-0.2, 0) is 24.2 Å². The zero-order valence-corrected chi connectivity index (χ0v) is 9.66. The summed E-state index contributed by atoms with van der Waals surface area (Å²) in [5.74, 6) is 1.35. The summed E-state index contributed by atoms with van der Waals surface area (Å²) in [6, 6.07) is 0. The predicted molar refractivity (Wildman–Crippen MR) is 58.5 cm³/mol. The first-order chi connectivity index (χ1) is 7.79. The van der Waals surface area contributed by atoms with Crippen molar-refractivity contribution in [3.63, 3.8) is 0 Å². The van der Waals surface area contributed by atoms with E-state index in [1.165, 1.54) is 0 Å². The normalized spacial score (nSPS) is 15.4. The molecule has 0 spiro atoms. The van der Waals surface area contributed by atoms with E-state index in [9.17, 15) is 0 Å². The van der Waals surface area contributed by atoms with Gasteiger partial charge in [-0.15, -0.1) is 5.10 Å². The Bertz CT molecular complexity index is 551. The molecule has 1 aliphatic heterocycles. The lowest BCUT2D eigenvalue weighted by Crippen LogP contribution is -2.14. The van der Waals surface area contributed by atoms with E-state index in [0.717, 1.165) is 29.9 Å². The number of hydrogen-bond donors (Lipinski definition) is 0. The number of halogens is 1. The fraction of sp³-hybridized carbons (Fsp3) is 0.500. The number of hydrogen-bond acceptors (Lipinski definition) is 4. The van der Waals surface area contributed by atoms with Crippen molar-refractivity contribution in [1.82, 2.24) is 19.6 Å². The van der Waals surface area contributed by atoms with Crippen LogP contribution in [0.2, 0.25) is 5.15 Å². The van der Waals surface area contributed by atoms with Crippen LogP contribution in [0.1, 0.15) is 24.0 Å². The monoisotopic (exact) mass is 238 g/mol. The molecule has 16 heavy (non-hydrogen) atoms. The molecule has 0 atom stereocenters. The molecule has 84 valence electrons. The molecule has 2 aromatic heterocycles. The van der Waals surface area contributed by atoms with Crippen LogP contribution in [0.3, 0.4) is 0 Å². The molecule has 5 nitrogen and oxygen atoms in total. The average molecular weight is 239 g/mol. The maximum absolute atomic E-state index is 6.27. The standard InChI is InChI=1S/C10H11ClN4O/c1-2-8-13-10-12-7-3-4-16-5-6(7)9(11)15(10)14-8/h2-5H2,1H3. The number of rotatable bonds is 1. The van der Waals surface area contributed by atoms with Crippen LogP contribution in [0, 0.1) is 0 Å². The number of ether oxygens (including phenoxy) is 1. The lowest BCUT2D eigenvalue weighted by Gasteiger charge is -2.16. The first-order valence-electron chi connectivity index (χ1n) is 5.30. The van der Waals surface area contributed by atoms with Gasteiger partial charge >= 0.3 is 0 Å². The van der Waals surface area contributed by atoms with Crippen molar-refractivity contribution in [2.24, 2.45) is 0 Å². The van der Waals surface area contributed by atoms with Crippen LogP contribution >= 0.6 is 11.6 Å². The third-order valence-electron chi connectivity index (χ3n) is 2.70. The molecule has 0 amide bonds. The minimum absolute atomic E-state index is 0.512. The Kier molecular flexibility index (Phi) is 2.29. The van der Waals surface area contributed by atoms with Gasteiger partial charge in [-0.05, 0) is 0 Å². The van der Waals surface area contributed by atoms with Crippen molar-refractivity contribution in [3.05, 3.63) is 22.2 Å². The van der Waals surface area contributed by atoms with Gasteiger partial charge < -0.3 is 4.74 Å². The second-order valence-corrected chi connectivity index (χ2v) is 4.08. The third kappa shape index (κ3) is 1.39. The van der Waals surface area contributed by atoms with Gasteiger partial charge in [0.1, 0.15) is 5.15 Å². The molecule has 0 bridgehead atoms. The van der Waals surface area contributed by atoms with Gasteiger partial charge in [0, 0.05) is 18.4 Å². The Morgan fingerprint density at radius 2 is 2.31 bits per heavy atom. The van der Waals surface area contributed by atoms with Gasteiger partial charge in [0.2, 0.25) is 0 Å². The second-order valence-electron chi connectivity index (χ2n) is 3.72. The minimum Gasteiger partial charge on any atom is -0.376 e.